The van der Waals surface area contributed by atoms with Crippen LogP contribution in [0.1, 0.15) is 18.5 Å². The second kappa shape index (κ2) is 6.58. The molecule has 25 heavy (non-hydrogen) atoms. The summed E-state index contributed by atoms with van der Waals surface area (Å²) in [6.45, 7) is 0.758. The molecule has 6 nitrogen and oxygen atoms in total. The standard InChI is InChI=1S/C15H15F3N4O2S/c16-15(17,18)13-9-21-14(10-20-13)22-6-3-11(4-7-22)25(23,24)12-2-1-5-19-8-12/h1-2,5,8-11H,3-4,6-7H2. The molecule has 0 N–H and O–H groups in total. The van der Waals surface area contributed by atoms with Gasteiger partial charge in [-0.3, -0.25) is 4.98 Å². The van der Waals surface area contributed by atoms with Crippen molar-refractivity contribution in [1.82, 2.24) is 15.0 Å². The Bertz CT molecular complexity index is 818. The summed E-state index contributed by atoms with van der Waals surface area (Å²) in [7, 11) is -3.47. The molecule has 0 radical (unpaired) electrons. The minimum atomic E-state index is -4.53. The van der Waals surface area contributed by atoms with Crippen LogP contribution in [0.4, 0.5) is 19.0 Å². The maximum Gasteiger partial charge on any atom is 0.434 e. The highest BCUT2D eigenvalue weighted by Gasteiger charge is 2.34. The van der Waals surface area contributed by atoms with Crippen LogP contribution in [-0.4, -0.2) is 41.7 Å². The third-order valence-corrected chi connectivity index (χ3v) is 6.34. The number of aromatic nitrogens is 3. The molecule has 0 amide bonds. The molecule has 1 aliphatic heterocycles. The largest absolute Gasteiger partial charge is 0.434 e. The average Bonchev–Trinajstić information content (AvgIpc) is 2.62. The van der Waals surface area contributed by atoms with E-state index in [0.29, 0.717) is 37.9 Å². The molecule has 3 rings (SSSR count). The van der Waals surface area contributed by atoms with Gasteiger partial charge in [0.1, 0.15) is 5.82 Å². The third kappa shape index (κ3) is 3.73. The molecule has 1 fully saturated rings. The van der Waals surface area contributed by atoms with E-state index in [0.717, 1.165) is 6.20 Å². The van der Waals surface area contributed by atoms with Gasteiger partial charge in [-0.25, -0.2) is 18.4 Å². The van der Waals surface area contributed by atoms with Crippen LogP contribution in [0, 0.1) is 0 Å². The highest BCUT2D eigenvalue weighted by atomic mass is 32.2. The van der Waals surface area contributed by atoms with Crippen molar-refractivity contribution in [2.75, 3.05) is 18.0 Å². The van der Waals surface area contributed by atoms with E-state index in [2.05, 4.69) is 15.0 Å². The van der Waals surface area contributed by atoms with Crippen LogP contribution in [0.2, 0.25) is 0 Å². The molecule has 3 heterocycles. The lowest BCUT2D eigenvalue weighted by Gasteiger charge is -2.32. The minimum absolute atomic E-state index is 0.183. The maximum absolute atomic E-state index is 12.6. The molecule has 1 aliphatic rings. The van der Waals surface area contributed by atoms with E-state index >= 15 is 0 Å². The molecule has 0 aliphatic carbocycles. The molecule has 134 valence electrons. The Hall–Kier alpha value is -2.23. The molecule has 0 unspecified atom stereocenters. The Kier molecular flexibility index (Phi) is 4.63. The lowest BCUT2D eigenvalue weighted by Crippen LogP contribution is -2.39. The summed E-state index contributed by atoms with van der Waals surface area (Å²) in [4.78, 5) is 12.9. The van der Waals surface area contributed by atoms with Crippen molar-refractivity contribution in [2.24, 2.45) is 0 Å². The Morgan fingerprint density at radius 1 is 1.08 bits per heavy atom. The van der Waals surface area contributed by atoms with Gasteiger partial charge in [-0.15, -0.1) is 0 Å². The molecule has 0 saturated carbocycles. The lowest BCUT2D eigenvalue weighted by molar-refractivity contribution is -0.141. The van der Waals surface area contributed by atoms with Crippen molar-refractivity contribution in [1.29, 1.82) is 0 Å². The summed E-state index contributed by atoms with van der Waals surface area (Å²) in [5.41, 5.74) is -1.05. The predicted octanol–water partition coefficient (Wildman–Crippen LogP) is 2.33. The van der Waals surface area contributed by atoms with Crippen LogP contribution in [-0.2, 0) is 16.0 Å². The van der Waals surface area contributed by atoms with Crippen molar-refractivity contribution >= 4 is 15.7 Å². The van der Waals surface area contributed by atoms with Gasteiger partial charge in [-0.05, 0) is 25.0 Å². The summed E-state index contributed by atoms with van der Waals surface area (Å²) in [5, 5.41) is -0.546. The number of halogens is 3. The zero-order valence-corrected chi connectivity index (χ0v) is 13.8. The predicted molar refractivity (Wildman–Crippen MR) is 83.7 cm³/mol. The molecule has 0 spiro atoms. The Morgan fingerprint density at radius 2 is 1.80 bits per heavy atom. The highest BCUT2D eigenvalue weighted by molar-refractivity contribution is 7.92. The Morgan fingerprint density at radius 3 is 2.32 bits per heavy atom. The molecule has 1 saturated heterocycles. The zero-order valence-electron chi connectivity index (χ0n) is 13.0. The van der Waals surface area contributed by atoms with Gasteiger partial charge in [0, 0.05) is 25.5 Å². The van der Waals surface area contributed by atoms with E-state index in [1.807, 2.05) is 0 Å². The molecule has 0 atom stereocenters. The first-order chi connectivity index (χ1) is 11.8. The summed E-state index contributed by atoms with van der Waals surface area (Å²) >= 11 is 0. The highest BCUT2D eigenvalue weighted by Crippen LogP contribution is 2.29. The van der Waals surface area contributed by atoms with Crippen molar-refractivity contribution in [3.63, 3.8) is 0 Å². The molecule has 2 aromatic heterocycles. The van der Waals surface area contributed by atoms with Gasteiger partial charge in [-0.1, -0.05) is 0 Å². The first-order valence-corrected chi connectivity index (χ1v) is 9.11. The van der Waals surface area contributed by atoms with Crippen LogP contribution in [0.25, 0.3) is 0 Å². The van der Waals surface area contributed by atoms with Gasteiger partial charge in [0.2, 0.25) is 0 Å². The van der Waals surface area contributed by atoms with Crippen molar-refractivity contribution in [2.45, 2.75) is 29.2 Å². The second-order valence-electron chi connectivity index (χ2n) is 5.68. The van der Waals surface area contributed by atoms with Gasteiger partial charge in [0.25, 0.3) is 0 Å². The first kappa shape index (κ1) is 17.6. The molecule has 10 heteroatoms. The molecule has 0 aromatic carbocycles. The van der Waals surface area contributed by atoms with Crippen LogP contribution in [0.15, 0.2) is 41.8 Å². The summed E-state index contributed by atoms with van der Waals surface area (Å²) in [6.07, 6.45) is 0.775. The Labute approximate surface area is 142 Å². The van der Waals surface area contributed by atoms with Crippen LogP contribution >= 0.6 is 0 Å². The van der Waals surface area contributed by atoms with Gasteiger partial charge >= 0.3 is 6.18 Å². The summed E-state index contributed by atoms with van der Waals surface area (Å²) in [6, 6.07) is 3.08. The SMILES string of the molecule is O=S(=O)(c1cccnc1)C1CCN(c2cnc(C(F)(F)F)cn2)CC1. The fourth-order valence-corrected chi connectivity index (χ4v) is 4.43. The lowest BCUT2D eigenvalue weighted by atomic mass is 10.1. The number of hydrogen-bond donors (Lipinski definition) is 0. The summed E-state index contributed by atoms with van der Waals surface area (Å²) in [5.74, 6) is 0.310. The van der Waals surface area contributed by atoms with E-state index in [-0.39, 0.29) is 4.90 Å². The fraction of sp³-hybridized carbons (Fsp3) is 0.400. The van der Waals surface area contributed by atoms with E-state index in [9.17, 15) is 21.6 Å². The number of rotatable bonds is 3. The quantitative estimate of drug-likeness (QED) is 0.823. The maximum atomic E-state index is 12.6. The first-order valence-electron chi connectivity index (χ1n) is 7.56. The van der Waals surface area contributed by atoms with Crippen molar-refractivity contribution in [3.05, 3.63) is 42.6 Å². The number of nitrogens with zero attached hydrogens (tertiary/aromatic N) is 4. The molecular weight excluding hydrogens is 357 g/mol. The van der Waals surface area contributed by atoms with Crippen LogP contribution < -0.4 is 4.90 Å². The van der Waals surface area contributed by atoms with Crippen molar-refractivity contribution < 1.29 is 21.6 Å². The van der Waals surface area contributed by atoms with Crippen molar-refractivity contribution in [3.8, 4) is 0 Å². The van der Waals surface area contributed by atoms with E-state index in [1.165, 1.54) is 18.5 Å². The Balaban J connectivity index is 1.68. The minimum Gasteiger partial charge on any atom is -0.355 e. The van der Waals surface area contributed by atoms with Gasteiger partial charge in [0.05, 0.1) is 22.5 Å². The zero-order chi connectivity index (χ0) is 18.1. The smallest absolute Gasteiger partial charge is 0.355 e. The topological polar surface area (TPSA) is 76.1 Å². The summed E-state index contributed by atoms with van der Waals surface area (Å²) < 4.78 is 62.7. The number of anilines is 1. The molecular formula is C15H15F3N4O2S. The van der Waals surface area contributed by atoms with Crippen LogP contribution in [0.3, 0.4) is 0 Å². The molecule has 0 bridgehead atoms. The second-order valence-corrected chi connectivity index (χ2v) is 7.91. The monoisotopic (exact) mass is 372 g/mol. The third-order valence-electron chi connectivity index (χ3n) is 4.10. The van der Waals surface area contributed by atoms with Gasteiger partial charge < -0.3 is 4.90 Å². The van der Waals surface area contributed by atoms with Gasteiger partial charge in [0.15, 0.2) is 15.5 Å². The number of alkyl halides is 3. The van der Waals surface area contributed by atoms with E-state index in [4.69, 9.17) is 0 Å². The van der Waals surface area contributed by atoms with Crippen LogP contribution in [0.5, 0.6) is 0 Å². The number of pyridine rings is 1. The fourth-order valence-electron chi connectivity index (χ4n) is 2.73. The average molecular weight is 372 g/mol. The number of hydrogen-bond acceptors (Lipinski definition) is 6. The molecule has 2 aromatic rings. The normalized spacial score (nSPS) is 16.8. The number of piperidine rings is 1. The van der Waals surface area contributed by atoms with E-state index in [1.54, 1.807) is 11.0 Å². The van der Waals surface area contributed by atoms with E-state index < -0.39 is 27.0 Å². The van der Waals surface area contributed by atoms with Gasteiger partial charge in [-0.2, -0.15) is 13.2 Å². The number of sulfone groups is 1.